The molecule has 2 saturated carbocycles. The molecule has 3 fully saturated rings. The Labute approximate surface area is 163 Å². The molecule has 2 bridgehead atoms. The van der Waals surface area contributed by atoms with Gasteiger partial charge in [0.2, 0.25) is 11.8 Å². The molecule has 0 radical (unpaired) electrons. The lowest BCUT2D eigenvalue weighted by atomic mass is 9.81. The van der Waals surface area contributed by atoms with Crippen molar-refractivity contribution in [2.24, 2.45) is 23.7 Å². The second-order valence-corrected chi connectivity index (χ2v) is 8.17. The highest BCUT2D eigenvalue weighted by atomic mass is 16.5. The minimum atomic E-state index is -0.746. The van der Waals surface area contributed by atoms with Gasteiger partial charge in [-0.3, -0.25) is 24.1 Å². The van der Waals surface area contributed by atoms with Crippen molar-refractivity contribution in [3.8, 4) is 0 Å². The number of esters is 1. The highest BCUT2D eigenvalue weighted by Gasteiger charge is 2.61. The largest absolute Gasteiger partial charge is 0.454 e. The fourth-order valence-electron chi connectivity index (χ4n) is 5.09. The first kappa shape index (κ1) is 18.7. The Bertz CT molecular complexity index is 836. The average molecular weight is 384 g/mol. The first-order chi connectivity index (χ1) is 13.3. The van der Waals surface area contributed by atoms with E-state index >= 15 is 0 Å². The van der Waals surface area contributed by atoms with Crippen molar-refractivity contribution >= 4 is 29.4 Å². The van der Waals surface area contributed by atoms with Crippen LogP contribution in [0.15, 0.2) is 18.2 Å². The molecule has 0 unspecified atom stereocenters. The van der Waals surface area contributed by atoms with Crippen LogP contribution in [0.5, 0.6) is 0 Å². The number of anilines is 1. The molecule has 3 amide bonds. The third kappa shape index (κ3) is 3.19. The van der Waals surface area contributed by atoms with Crippen LogP contribution in [-0.2, 0) is 23.9 Å². The topological polar surface area (TPSA) is 92.8 Å². The highest BCUT2D eigenvalue weighted by Crippen LogP contribution is 2.56. The van der Waals surface area contributed by atoms with E-state index in [0.29, 0.717) is 5.69 Å². The standard InChI is InChI=1S/C21H24N2O5/c1-11-3-6-15(12(2)7-11)22-16(24)10-28-17(25)9-23-20(26)18-13-4-5-14(8-13)19(18)21(23)27/h3,6-7,13-14,18-19H,4-5,8-10H2,1-2H3,(H,22,24)/t13-,14-,18+,19+/m0/s1. The normalized spacial score (nSPS) is 27.9. The smallest absolute Gasteiger partial charge is 0.326 e. The zero-order valence-electron chi connectivity index (χ0n) is 16.1. The van der Waals surface area contributed by atoms with E-state index < -0.39 is 25.0 Å². The van der Waals surface area contributed by atoms with Gasteiger partial charge in [-0.2, -0.15) is 0 Å². The maximum atomic E-state index is 12.6. The minimum absolute atomic E-state index is 0.251. The van der Waals surface area contributed by atoms with Gasteiger partial charge in [0.25, 0.3) is 5.91 Å². The number of aryl methyl sites for hydroxylation is 2. The van der Waals surface area contributed by atoms with E-state index in [1.165, 1.54) is 0 Å². The molecule has 2 aliphatic carbocycles. The summed E-state index contributed by atoms with van der Waals surface area (Å²) in [7, 11) is 0. The summed E-state index contributed by atoms with van der Waals surface area (Å²) >= 11 is 0. The number of carbonyl (C=O) groups is 4. The van der Waals surface area contributed by atoms with Crippen molar-refractivity contribution in [2.45, 2.75) is 33.1 Å². The van der Waals surface area contributed by atoms with Gasteiger partial charge in [-0.15, -0.1) is 0 Å². The average Bonchev–Trinajstić information content (AvgIpc) is 3.32. The maximum absolute atomic E-state index is 12.6. The number of benzene rings is 1. The lowest BCUT2D eigenvalue weighted by Crippen LogP contribution is -2.38. The third-order valence-corrected chi connectivity index (χ3v) is 6.33. The number of fused-ring (bicyclic) bond motifs is 5. The molecule has 1 saturated heterocycles. The molecule has 7 heteroatoms. The zero-order chi connectivity index (χ0) is 20.0. The molecule has 0 aromatic heterocycles. The molecule has 0 spiro atoms. The second kappa shape index (κ2) is 7.04. The quantitative estimate of drug-likeness (QED) is 0.617. The fraction of sp³-hybridized carbons (Fsp3) is 0.524. The number of imide groups is 1. The Morgan fingerprint density at radius 1 is 1.11 bits per heavy atom. The van der Waals surface area contributed by atoms with Crippen LogP contribution in [0, 0.1) is 37.5 Å². The first-order valence-corrected chi connectivity index (χ1v) is 9.73. The van der Waals surface area contributed by atoms with Crippen molar-refractivity contribution in [1.82, 2.24) is 4.90 Å². The summed E-state index contributed by atoms with van der Waals surface area (Å²) in [6.07, 6.45) is 2.92. The highest BCUT2D eigenvalue weighted by molar-refractivity contribution is 6.08. The van der Waals surface area contributed by atoms with E-state index in [1.54, 1.807) is 6.07 Å². The number of carbonyl (C=O) groups excluding carboxylic acids is 4. The van der Waals surface area contributed by atoms with Crippen molar-refractivity contribution < 1.29 is 23.9 Å². The Morgan fingerprint density at radius 3 is 2.36 bits per heavy atom. The predicted octanol–water partition coefficient (Wildman–Crippen LogP) is 1.82. The Kier molecular flexibility index (Phi) is 4.69. The number of amides is 3. The summed E-state index contributed by atoms with van der Waals surface area (Å²) in [4.78, 5) is 50.3. The fourth-order valence-corrected chi connectivity index (χ4v) is 5.09. The van der Waals surface area contributed by atoms with Gasteiger partial charge >= 0.3 is 5.97 Å². The SMILES string of the molecule is Cc1ccc(NC(=O)COC(=O)CN2C(=O)[C@@H]3[C@H]4CC[C@@H](C4)[C@H]3C2=O)c(C)c1. The van der Waals surface area contributed by atoms with E-state index in [4.69, 9.17) is 4.74 Å². The number of hydrogen-bond acceptors (Lipinski definition) is 5. The summed E-state index contributed by atoms with van der Waals surface area (Å²) in [6.45, 7) is 2.96. The molecule has 1 aromatic carbocycles. The molecule has 28 heavy (non-hydrogen) atoms. The van der Waals surface area contributed by atoms with Crippen molar-refractivity contribution in [1.29, 1.82) is 0 Å². The summed E-state index contributed by atoms with van der Waals surface area (Å²) < 4.78 is 4.99. The zero-order valence-corrected chi connectivity index (χ0v) is 16.1. The summed E-state index contributed by atoms with van der Waals surface area (Å²) in [5.74, 6) is -1.68. The van der Waals surface area contributed by atoms with Gasteiger partial charge in [-0.1, -0.05) is 17.7 Å². The van der Waals surface area contributed by atoms with Crippen LogP contribution in [0.2, 0.25) is 0 Å². The number of nitrogens with zero attached hydrogens (tertiary/aromatic N) is 1. The first-order valence-electron chi connectivity index (χ1n) is 9.73. The number of rotatable bonds is 5. The monoisotopic (exact) mass is 384 g/mol. The molecule has 4 rings (SSSR count). The van der Waals surface area contributed by atoms with Gasteiger partial charge in [0, 0.05) is 5.69 Å². The van der Waals surface area contributed by atoms with Crippen LogP contribution in [0.3, 0.4) is 0 Å². The lowest BCUT2D eigenvalue weighted by Gasteiger charge is -2.19. The Hall–Kier alpha value is -2.70. The Balaban J connectivity index is 1.29. The van der Waals surface area contributed by atoms with Crippen LogP contribution < -0.4 is 5.32 Å². The number of likely N-dealkylation sites (tertiary alicyclic amines) is 1. The van der Waals surface area contributed by atoms with Gasteiger partial charge in [-0.05, 0) is 56.6 Å². The number of nitrogens with one attached hydrogen (secondary N) is 1. The van der Waals surface area contributed by atoms with Crippen LogP contribution in [-0.4, -0.2) is 41.7 Å². The van der Waals surface area contributed by atoms with E-state index in [2.05, 4.69) is 5.32 Å². The van der Waals surface area contributed by atoms with Gasteiger partial charge in [0.05, 0.1) is 11.8 Å². The molecular weight excluding hydrogens is 360 g/mol. The molecule has 148 valence electrons. The Morgan fingerprint density at radius 2 is 1.75 bits per heavy atom. The van der Waals surface area contributed by atoms with Crippen LogP contribution in [0.1, 0.15) is 30.4 Å². The molecular formula is C21H24N2O5. The van der Waals surface area contributed by atoms with Gasteiger partial charge in [0.1, 0.15) is 6.54 Å². The molecule has 1 N–H and O–H groups in total. The van der Waals surface area contributed by atoms with Crippen LogP contribution in [0.25, 0.3) is 0 Å². The van der Waals surface area contributed by atoms with E-state index in [0.717, 1.165) is 35.3 Å². The minimum Gasteiger partial charge on any atom is -0.454 e. The van der Waals surface area contributed by atoms with Crippen molar-refractivity contribution in [3.05, 3.63) is 29.3 Å². The molecule has 1 heterocycles. The van der Waals surface area contributed by atoms with Gasteiger partial charge in [-0.25, -0.2) is 0 Å². The summed E-state index contributed by atoms with van der Waals surface area (Å²) in [6, 6.07) is 5.61. The number of hydrogen-bond donors (Lipinski definition) is 1. The molecule has 1 aliphatic heterocycles. The van der Waals surface area contributed by atoms with Crippen LogP contribution in [0.4, 0.5) is 5.69 Å². The van der Waals surface area contributed by atoms with E-state index in [9.17, 15) is 19.2 Å². The van der Waals surface area contributed by atoms with E-state index in [1.807, 2.05) is 26.0 Å². The van der Waals surface area contributed by atoms with Crippen LogP contribution >= 0.6 is 0 Å². The third-order valence-electron chi connectivity index (χ3n) is 6.33. The summed E-state index contributed by atoms with van der Waals surface area (Å²) in [5, 5.41) is 2.69. The lowest BCUT2D eigenvalue weighted by molar-refractivity contribution is -0.154. The van der Waals surface area contributed by atoms with Crippen molar-refractivity contribution in [3.63, 3.8) is 0 Å². The maximum Gasteiger partial charge on any atom is 0.326 e. The molecule has 3 aliphatic rings. The predicted molar refractivity (Wildman–Crippen MR) is 100 cm³/mol. The number of ether oxygens (including phenoxy) is 1. The molecule has 4 atom stereocenters. The second-order valence-electron chi connectivity index (χ2n) is 8.17. The molecule has 1 aromatic rings. The van der Waals surface area contributed by atoms with Gasteiger partial charge < -0.3 is 10.1 Å². The summed E-state index contributed by atoms with van der Waals surface area (Å²) in [5.41, 5.74) is 2.65. The van der Waals surface area contributed by atoms with E-state index in [-0.39, 0.29) is 35.5 Å². The van der Waals surface area contributed by atoms with Gasteiger partial charge in [0.15, 0.2) is 6.61 Å². The van der Waals surface area contributed by atoms with Crippen molar-refractivity contribution in [2.75, 3.05) is 18.5 Å². The molecule has 7 nitrogen and oxygen atoms in total.